The van der Waals surface area contributed by atoms with E-state index in [9.17, 15) is 9.18 Å². The fourth-order valence-corrected chi connectivity index (χ4v) is 2.37. The molecule has 20 heavy (non-hydrogen) atoms. The smallest absolute Gasteiger partial charge is 0.246 e. The number of anilines is 1. The molecule has 4 nitrogen and oxygen atoms in total. The molecule has 1 aliphatic heterocycles. The van der Waals surface area contributed by atoms with E-state index in [-0.39, 0.29) is 17.8 Å². The molecule has 0 saturated carbocycles. The lowest BCUT2D eigenvalue weighted by Gasteiger charge is -2.18. The third-order valence-corrected chi connectivity index (χ3v) is 3.39. The number of benzene rings is 1. The minimum Gasteiger partial charge on any atom is -0.324 e. The van der Waals surface area contributed by atoms with Crippen LogP contribution in [-0.2, 0) is 4.79 Å². The summed E-state index contributed by atoms with van der Waals surface area (Å²) in [6, 6.07) is 9.25. The average Bonchev–Trinajstić information content (AvgIpc) is 2.76. The highest BCUT2D eigenvalue weighted by molar-refractivity contribution is 6.02. The van der Waals surface area contributed by atoms with E-state index < -0.39 is 6.04 Å². The van der Waals surface area contributed by atoms with Gasteiger partial charge in [0.15, 0.2) is 0 Å². The summed E-state index contributed by atoms with van der Waals surface area (Å²) in [5, 5.41) is 5.93. The van der Waals surface area contributed by atoms with Crippen molar-refractivity contribution >= 4 is 11.6 Å². The zero-order valence-electron chi connectivity index (χ0n) is 10.9. The van der Waals surface area contributed by atoms with Gasteiger partial charge in [0, 0.05) is 23.5 Å². The molecule has 3 rings (SSSR count). The number of hydrogen-bond donors (Lipinski definition) is 2. The zero-order chi connectivity index (χ0) is 14.1. The van der Waals surface area contributed by atoms with Crippen molar-refractivity contribution in [3.63, 3.8) is 0 Å². The van der Waals surface area contributed by atoms with Crippen LogP contribution >= 0.6 is 0 Å². The molecule has 2 N–H and O–H groups in total. The standard InChI is InChI=1S/C15H14FN3O/c1-9(12-4-2-3-7-17-12)18-14-11-8-10(16)5-6-13(11)19-15(14)20/h2-9,14,18H,1H3,(H,19,20). The fraction of sp³-hybridized carbons (Fsp3) is 0.200. The van der Waals surface area contributed by atoms with E-state index in [2.05, 4.69) is 15.6 Å². The molecule has 1 aromatic heterocycles. The Labute approximate surface area is 116 Å². The molecular formula is C15H14FN3O. The highest BCUT2D eigenvalue weighted by Gasteiger charge is 2.32. The number of carbonyl (C=O) groups is 1. The second kappa shape index (κ2) is 5.02. The van der Waals surface area contributed by atoms with Crippen molar-refractivity contribution in [2.45, 2.75) is 19.0 Å². The summed E-state index contributed by atoms with van der Waals surface area (Å²) in [7, 11) is 0. The second-order valence-corrected chi connectivity index (χ2v) is 4.80. The Morgan fingerprint density at radius 2 is 2.20 bits per heavy atom. The molecule has 0 fully saturated rings. The van der Waals surface area contributed by atoms with E-state index in [0.29, 0.717) is 11.3 Å². The number of halogens is 1. The van der Waals surface area contributed by atoms with Gasteiger partial charge in [-0.3, -0.25) is 15.1 Å². The number of carbonyl (C=O) groups excluding carboxylic acids is 1. The van der Waals surface area contributed by atoms with Gasteiger partial charge in [-0.2, -0.15) is 0 Å². The molecule has 0 bridgehead atoms. The summed E-state index contributed by atoms with van der Waals surface area (Å²) in [6.45, 7) is 1.92. The Hall–Kier alpha value is -2.27. The lowest BCUT2D eigenvalue weighted by Crippen LogP contribution is -2.30. The average molecular weight is 271 g/mol. The van der Waals surface area contributed by atoms with Gasteiger partial charge in [0.25, 0.3) is 0 Å². The van der Waals surface area contributed by atoms with Crippen molar-refractivity contribution < 1.29 is 9.18 Å². The molecule has 5 heteroatoms. The van der Waals surface area contributed by atoms with Crippen LogP contribution in [0.15, 0.2) is 42.6 Å². The fourth-order valence-electron chi connectivity index (χ4n) is 2.37. The van der Waals surface area contributed by atoms with Crippen LogP contribution in [0.3, 0.4) is 0 Å². The van der Waals surface area contributed by atoms with Crippen LogP contribution in [0.2, 0.25) is 0 Å². The summed E-state index contributed by atoms with van der Waals surface area (Å²) < 4.78 is 13.3. The van der Waals surface area contributed by atoms with Crippen LogP contribution in [0.5, 0.6) is 0 Å². The van der Waals surface area contributed by atoms with Gasteiger partial charge in [0.2, 0.25) is 5.91 Å². The molecule has 2 heterocycles. The summed E-state index contributed by atoms with van der Waals surface area (Å²) in [5.74, 6) is -0.522. The molecule has 0 spiro atoms. The molecular weight excluding hydrogens is 257 g/mol. The topological polar surface area (TPSA) is 54.0 Å². The molecule has 0 aliphatic carbocycles. The summed E-state index contributed by atoms with van der Waals surface area (Å²) in [4.78, 5) is 16.2. The van der Waals surface area contributed by atoms with Crippen molar-refractivity contribution in [1.82, 2.24) is 10.3 Å². The van der Waals surface area contributed by atoms with Crippen molar-refractivity contribution in [2.24, 2.45) is 0 Å². The van der Waals surface area contributed by atoms with Gasteiger partial charge in [-0.05, 0) is 37.3 Å². The highest BCUT2D eigenvalue weighted by Crippen LogP contribution is 2.32. The first-order chi connectivity index (χ1) is 9.65. The van der Waals surface area contributed by atoms with Crippen molar-refractivity contribution in [1.29, 1.82) is 0 Å². The third-order valence-electron chi connectivity index (χ3n) is 3.39. The zero-order valence-corrected chi connectivity index (χ0v) is 10.9. The normalized spacial score (nSPS) is 18.5. The number of nitrogens with zero attached hydrogens (tertiary/aromatic N) is 1. The minimum absolute atomic E-state index is 0.110. The largest absolute Gasteiger partial charge is 0.324 e. The Morgan fingerprint density at radius 3 is 2.95 bits per heavy atom. The maximum absolute atomic E-state index is 13.3. The van der Waals surface area contributed by atoms with E-state index >= 15 is 0 Å². The Balaban J connectivity index is 1.85. The SMILES string of the molecule is CC(NC1C(=O)Nc2ccc(F)cc21)c1ccccn1. The van der Waals surface area contributed by atoms with Crippen LogP contribution < -0.4 is 10.6 Å². The van der Waals surface area contributed by atoms with Gasteiger partial charge in [-0.15, -0.1) is 0 Å². The summed E-state index contributed by atoms with van der Waals surface area (Å²) >= 11 is 0. The van der Waals surface area contributed by atoms with E-state index in [1.54, 1.807) is 12.3 Å². The number of pyridine rings is 1. The Kier molecular flexibility index (Phi) is 3.20. The van der Waals surface area contributed by atoms with Gasteiger partial charge < -0.3 is 5.32 Å². The lowest BCUT2D eigenvalue weighted by atomic mass is 10.1. The molecule has 0 saturated heterocycles. The molecule has 0 radical (unpaired) electrons. The van der Waals surface area contributed by atoms with E-state index in [1.165, 1.54) is 12.1 Å². The number of fused-ring (bicyclic) bond motifs is 1. The van der Waals surface area contributed by atoms with Crippen LogP contribution in [0.1, 0.15) is 30.3 Å². The first kappa shape index (κ1) is 12.7. The van der Waals surface area contributed by atoms with Gasteiger partial charge in [0.1, 0.15) is 11.9 Å². The van der Waals surface area contributed by atoms with Gasteiger partial charge in [0.05, 0.1) is 5.69 Å². The summed E-state index contributed by atoms with van der Waals surface area (Å²) in [5.41, 5.74) is 2.13. The van der Waals surface area contributed by atoms with Crippen LogP contribution in [0, 0.1) is 5.82 Å². The van der Waals surface area contributed by atoms with Gasteiger partial charge >= 0.3 is 0 Å². The number of amides is 1. The number of hydrogen-bond acceptors (Lipinski definition) is 3. The minimum atomic E-state index is -0.558. The lowest BCUT2D eigenvalue weighted by molar-refractivity contribution is -0.117. The van der Waals surface area contributed by atoms with Gasteiger partial charge in [-0.1, -0.05) is 6.07 Å². The first-order valence-electron chi connectivity index (χ1n) is 6.42. The molecule has 1 aromatic carbocycles. The Bertz CT molecular complexity index is 645. The molecule has 102 valence electrons. The number of rotatable bonds is 3. The van der Waals surface area contributed by atoms with Gasteiger partial charge in [-0.25, -0.2) is 4.39 Å². The molecule has 1 amide bonds. The second-order valence-electron chi connectivity index (χ2n) is 4.80. The molecule has 2 atom stereocenters. The third kappa shape index (κ3) is 2.28. The quantitative estimate of drug-likeness (QED) is 0.902. The first-order valence-corrected chi connectivity index (χ1v) is 6.42. The predicted octanol–water partition coefficient (Wildman–Crippen LogP) is 2.56. The van der Waals surface area contributed by atoms with Crippen LogP contribution in [0.25, 0.3) is 0 Å². The number of aromatic nitrogens is 1. The molecule has 2 unspecified atom stereocenters. The van der Waals surface area contributed by atoms with Crippen molar-refractivity contribution in [2.75, 3.05) is 5.32 Å². The Morgan fingerprint density at radius 1 is 1.35 bits per heavy atom. The maximum Gasteiger partial charge on any atom is 0.246 e. The van der Waals surface area contributed by atoms with Crippen molar-refractivity contribution in [3.8, 4) is 0 Å². The summed E-state index contributed by atoms with van der Waals surface area (Å²) in [6.07, 6.45) is 1.70. The molecule has 2 aromatic rings. The highest BCUT2D eigenvalue weighted by atomic mass is 19.1. The van der Waals surface area contributed by atoms with E-state index in [0.717, 1.165) is 5.69 Å². The van der Waals surface area contributed by atoms with Crippen LogP contribution in [-0.4, -0.2) is 10.9 Å². The van der Waals surface area contributed by atoms with E-state index in [1.807, 2.05) is 25.1 Å². The maximum atomic E-state index is 13.3. The van der Waals surface area contributed by atoms with Crippen LogP contribution in [0.4, 0.5) is 10.1 Å². The number of nitrogens with one attached hydrogen (secondary N) is 2. The van der Waals surface area contributed by atoms with E-state index in [4.69, 9.17) is 0 Å². The monoisotopic (exact) mass is 271 g/mol. The molecule has 1 aliphatic rings. The predicted molar refractivity (Wildman–Crippen MR) is 73.6 cm³/mol. The van der Waals surface area contributed by atoms with Crippen molar-refractivity contribution in [3.05, 3.63) is 59.7 Å².